The van der Waals surface area contributed by atoms with Crippen molar-refractivity contribution >= 4 is 16.0 Å². The molecular weight excluding hydrogens is 294 g/mol. The number of hydrogen-bond acceptors (Lipinski definition) is 4. The molecule has 1 saturated heterocycles. The Bertz CT molecular complexity index is 621. The summed E-state index contributed by atoms with van der Waals surface area (Å²) in [7, 11) is -3.55. The zero-order valence-corrected chi connectivity index (χ0v) is 13.1. The van der Waals surface area contributed by atoms with Crippen molar-refractivity contribution < 1.29 is 18.3 Å². The van der Waals surface area contributed by atoms with Crippen LogP contribution in [0.15, 0.2) is 17.3 Å². The molecule has 1 aliphatic heterocycles. The number of sulfonamides is 1. The fourth-order valence-corrected chi connectivity index (χ4v) is 4.16. The van der Waals surface area contributed by atoms with E-state index in [9.17, 15) is 13.2 Å². The summed E-state index contributed by atoms with van der Waals surface area (Å²) in [5.74, 6) is -0.937. The Morgan fingerprint density at radius 3 is 2.81 bits per heavy atom. The number of aliphatic carboxylic acids is 1. The van der Waals surface area contributed by atoms with Crippen molar-refractivity contribution in [3.63, 3.8) is 0 Å². The van der Waals surface area contributed by atoms with Crippen LogP contribution in [-0.4, -0.2) is 46.7 Å². The van der Waals surface area contributed by atoms with Gasteiger partial charge in [0, 0.05) is 19.3 Å². The highest BCUT2D eigenvalue weighted by Gasteiger charge is 2.34. The summed E-state index contributed by atoms with van der Waals surface area (Å²) in [5.41, 5.74) is -0.0232. The Kier molecular flexibility index (Phi) is 4.38. The molecule has 0 amide bonds. The van der Waals surface area contributed by atoms with E-state index in [0.29, 0.717) is 13.1 Å². The highest BCUT2D eigenvalue weighted by molar-refractivity contribution is 7.89. The minimum atomic E-state index is -3.55. The van der Waals surface area contributed by atoms with Gasteiger partial charge in [-0.3, -0.25) is 9.48 Å². The number of carbonyl (C=O) groups is 1. The van der Waals surface area contributed by atoms with Gasteiger partial charge in [0.1, 0.15) is 4.90 Å². The molecule has 0 unspecified atom stereocenters. The number of aryl methyl sites for hydroxylation is 1. The zero-order chi connectivity index (χ0) is 15.7. The molecule has 118 valence electrons. The summed E-state index contributed by atoms with van der Waals surface area (Å²) in [6.07, 6.45) is 4.47. The Morgan fingerprint density at radius 2 is 2.19 bits per heavy atom. The van der Waals surface area contributed by atoms with E-state index in [1.807, 2.05) is 0 Å². The zero-order valence-electron chi connectivity index (χ0n) is 12.3. The molecule has 1 aliphatic rings. The van der Waals surface area contributed by atoms with E-state index in [4.69, 9.17) is 5.11 Å². The third-order valence-electron chi connectivity index (χ3n) is 3.67. The second-order valence-electron chi connectivity index (χ2n) is 6.19. The predicted octanol–water partition coefficient (Wildman–Crippen LogP) is 1.17. The van der Waals surface area contributed by atoms with Gasteiger partial charge in [-0.25, -0.2) is 8.42 Å². The molecule has 1 fully saturated rings. The second kappa shape index (κ2) is 5.76. The van der Waals surface area contributed by atoms with Crippen LogP contribution in [0.5, 0.6) is 0 Å². The van der Waals surface area contributed by atoms with E-state index in [1.54, 1.807) is 0 Å². The molecular formula is C13H21N3O4S. The quantitative estimate of drug-likeness (QED) is 0.880. The van der Waals surface area contributed by atoms with Crippen molar-refractivity contribution in [3.8, 4) is 0 Å². The third-order valence-corrected chi connectivity index (χ3v) is 5.47. The lowest BCUT2D eigenvalue weighted by Gasteiger charge is -2.36. The van der Waals surface area contributed by atoms with Gasteiger partial charge in [0.15, 0.2) is 0 Å². The van der Waals surface area contributed by atoms with E-state index in [2.05, 4.69) is 18.9 Å². The molecule has 1 aromatic rings. The van der Waals surface area contributed by atoms with Crippen molar-refractivity contribution in [1.82, 2.24) is 14.1 Å². The Balaban J connectivity index is 2.14. The first-order valence-electron chi connectivity index (χ1n) is 6.95. The largest absolute Gasteiger partial charge is 0.481 e. The minimum Gasteiger partial charge on any atom is -0.481 e. The number of carboxylic acid groups (broad SMARTS) is 1. The molecule has 2 heterocycles. The molecule has 0 spiro atoms. The molecule has 0 aliphatic carbocycles. The van der Waals surface area contributed by atoms with Gasteiger partial charge in [0.2, 0.25) is 10.0 Å². The summed E-state index contributed by atoms with van der Waals surface area (Å²) in [5, 5.41) is 12.6. The highest BCUT2D eigenvalue weighted by atomic mass is 32.2. The van der Waals surface area contributed by atoms with Crippen LogP contribution in [0.4, 0.5) is 0 Å². The molecule has 0 bridgehead atoms. The predicted molar refractivity (Wildman–Crippen MR) is 76.3 cm³/mol. The van der Waals surface area contributed by atoms with Gasteiger partial charge in [0.05, 0.1) is 19.2 Å². The maximum absolute atomic E-state index is 12.6. The topological polar surface area (TPSA) is 92.5 Å². The highest BCUT2D eigenvalue weighted by Crippen LogP contribution is 2.31. The van der Waals surface area contributed by atoms with E-state index in [-0.39, 0.29) is 23.3 Å². The molecule has 7 nitrogen and oxygen atoms in total. The molecule has 0 radical (unpaired) electrons. The number of carboxylic acids is 1. The maximum Gasteiger partial charge on any atom is 0.305 e. The average molecular weight is 315 g/mol. The first-order chi connectivity index (χ1) is 9.71. The van der Waals surface area contributed by atoms with Crippen molar-refractivity contribution in [3.05, 3.63) is 12.4 Å². The molecule has 2 rings (SSSR count). The van der Waals surface area contributed by atoms with Crippen LogP contribution >= 0.6 is 0 Å². The number of rotatable bonds is 5. The molecule has 0 aromatic carbocycles. The van der Waals surface area contributed by atoms with Crippen LogP contribution in [0, 0.1) is 5.41 Å². The summed E-state index contributed by atoms with van der Waals surface area (Å²) < 4.78 is 28.0. The Labute approximate surface area is 124 Å². The van der Waals surface area contributed by atoms with E-state index >= 15 is 0 Å². The van der Waals surface area contributed by atoms with Crippen molar-refractivity contribution in [1.29, 1.82) is 0 Å². The SMILES string of the molecule is CC1(C)CCCN(S(=O)(=O)c2cnn(CCC(=O)O)c2)C1. The van der Waals surface area contributed by atoms with Crippen LogP contribution in [0.3, 0.4) is 0 Å². The molecule has 0 atom stereocenters. The number of hydrogen-bond donors (Lipinski definition) is 1. The molecule has 8 heteroatoms. The first-order valence-corrected chi connectivity index (χ1v) is 8.39. The molecule has 0 saturated carbocycles. The van der Waals surface area contributed by atoms with Crippen LogP contribution in [-0.2, 0) is 21.4 Å². The third kappa shape index (κ3) is 3.82. The molecule has 1 N–H and O–H groups in total. The van der Waals surface area contributed by atoms with Crippen LogP contribution < -0.4 is 0 Å². The van der Waals surface area contributed by atoms with Gasteiger partial charge in [-0.2, -0.15) is 9.40 Å². The Hall–Kier alpha value is -1.41. The van der Waals surface area contributed by atoms with Gasteiger partial charge >= 0.3 is 5.97 Å². The Morgan fingerprint density at radius 1 is 1.48 bits per heavy atom. The van der Waals surface area contributed by atoms with Crippen molar-refractivity contribution in [2.45, 2.75) is 44.6 Å². The fraction of sp³-hybridized carbons (Fsp3) is 0.692. The average Bonchev–Trinajstić information content (AvgIpc) is 2.84. The maximum atomic E-state index is 12.6. The lowest BCUT2D eigenvalue weighted by molar-refractivity contribution is -0.137. The smallest absolute Gasteiger partial charge is 0.305 e. The van der Waals surface area contributed by atoms with E-state index in [1.165, 1.54) is 21.4 Å². The number of nitrogens with zero attached hydrogens (tertiary/aromatic N) is 3. The lowest BCUT2D eigenvalue weighted by atomic mass is 9.85. The normalized spacial score (nSPS) is 19.5. The van der Waals surface area contributed by atoms with Crippen LogP contribution in [0.2, 0.25) is 0 Å². The first kappa shape index (κ1) is 16.0. The summed E-state index contributed by atoms with van der Waals surface area (Å²) >= 11 is 0. The van der Waals surface area contributed by atoms with Crippen LogP contribution in [0.1, 0.15) is 33.1 Å². The van der Waals surface area contributed by atoms with Crippen LogP contribution in [0.25, 0.3) is 0 Å². The van der Waals surface area contributed by atoms with Gasteiger partial charge in [-0.15, -0.1) is 0 Å². The van der Waals surface area contributed by atoms with E-state index in [0.717, 1.165) is 12.8 Å². The summed E-state index contributed by atoms with van der Waals surface area (Å²) in [6.45, 7) is 5.30. The van der Waals surface area contributed by atoms with Gasteiger partial charge in [-0.05, 0) is 18.3 Å². The monoisotopic (exact) mass is 315 g/mol. The van der Waals surface area contributed by atoms with Gasteiger partial charge in [-0.1, -0.05) is 13.8 Å². The second-order valence-corrected chi connectivity index (χ2v) is 8.13. The molecule has 21 heavy (non-hydrogen) atoms. The fourth-order valence-electron chi connectivity index (χ4n) is 2.53. The van der Waals surface area contributed by atoms with Crippen molar-refractivity contribution in [2.24, 2.45) is 5.41 Å². The minimum absolute atomic E-state index is 0.0232. The summed E-state index contributed by atoms with van der Waals surface area (Å²) in [6, 6.07) is 0. The number of piperidine rings is 1. The van der Waals surface area contributed by atoms with Gasteiger partial charge in [0.25, 0.3) is 0 Å². The number of aromatic nitrogens is 2. The van der Waals surface area contributed by atoms with Gasteiger partial charge < -0.3 is 5.11 Å². The van der Waals surface area contributed by atoms with E-state index < -0.39 is 16.0 Å². The lowest BCUT2D eigenvalue weighted by Crippen LogP contribution is -2.43. The van der Waals surface area contributed by atoms with Crippen molar-refractivity contribution in [2.75, 3.05) is 13.1 Å². The molecule has 1 aromatic heterocycles. The standard InChI is InChI=1S/C13H21N3O4S/c1-13(2)5-3-6-16(10-13)21(19,20)11-8-14-15(9-11)7-4-12(17)18/h8-9H,3-7,10H2,1-2H3,(H,17,18). The summed E-state index contributed by atoms with van der Waals surface area (Å²) in [4.78, 5) is 10.7.